The summed E-state index contributed by atoms with van der Waals surface area (Å²) in [7, 11) is 2.21. The van der Waals surface area contributed by atoms with Crippen molar-refractivity contribution in [2.24, 2.45) is 0 Å². The van der Waals surface area contributed by atoms with Crippen LogP contribution in [0, 0.1) is 13.8 Å². The maximum Gasteiger partial charge on any atom is 0.183 e. The van der Waals surface area contributed by atoms with Crippen LogP contribution < -0.4 is 5.32 Å². The van der Waals surface area contributed by atoms with Gasteiger partial charge in [-0.1, -0.05) is 0 Å². The van der Waals surface area contributed by atoms with Gasteiger partial charge in [-0.3, -0.25) is 4.90 Å². The lowest BCUT2D eigenvalue weighted by Crippen LogP contribution is -2.48. The Morgan fingerprint density at radius 2 is 1.95 bits per heavy atom. The molecule has 19 heavy (non-hydrogen) atoms. The first-order valence-electron chi connectivity index (χ1n) is 7.16. The lowest BCUT2D eigenvalue weighted by Gasteiger charge is -2.36. The molecule has 0 aliphatic carbocycles. The fraction of sp³-hybridized carbons (Fsp3) is 0.786. The van der Waals surface area contributed by atoms with Crippen molar-refractivity contribution in [1.82, 2.24) is 14.8 Å². The van der Waals surface area contributed by atoms with Crippen LogP contribution in [0.5, 0.6) is 0 Å². The van der Waals surface area contributed by atoms with E-state index in [9.17, 15) is 0 Å². The van der Waals surface area contributed by atoms with Gasteiger partial charge in [0.1, 0.15) is 0 Å². The maximum absolute atomic E-state index is 4.52. The van der Waals surface area contributed by atoms with Crippen LogP contribution in [0.15, 0.2) is 0 Å². The molecule has 1 aromatic rings. The number of rotatable bonds is 5. The zero-order valence-electron chi connectivity index (χ0n) is 12.6. The lowest BCUT2D eigenvalue weighted by atomic mass is 10.2. The van der Waals surface area contributed by atoms with Gasteiger partial charge in [-0.15, -0.1) is 11.3 Å². The normalized spacial score (nSPS) is 19.6. The summed E-state index contributed by atoms with van der Waals surface area (Å²) in [4.78, 5) is 10.8. The van der Waals surface area contributed by atoms with E-state index in [1.54, 1.807) is 11.3 Å². The molecular formula is C14H26N4S. The molecule has 1 aliphatic rings. The SMILES string of the molecule is Cc1nc(NCCC(C)N2CCN(C)CC2)sc1C. The van der Waals surface area contributed by atoms with E-state index in [0.717, 1.165) is 17.4 Å². The van der Waals surface area contributed by atoms with E-state index in [1.807, 2.05) is 0 Å². The van der Waals surface area contributed by atoms with Gasteiger partial charge in [0.2, 0.25) is 0 Å². The molecule has 1 unspecified atom stereocenters. The van der Waals surface area contributed by atoms with Crippen molar-refractivity contribution in [2.75, 3.05) is 45.1 Å². The molecule has 0 aromatic carbocycles. The zero-order chi connectivity index (χ0) is 13.8. The van der Waals surface area contributed by atoms with Crippen LogP contribution in [-0.4, -0.2) is 60.6 Å². The Labute approximate surface area is 120 Å². The Balaban J connectivity index is 1.70. The molecule has 5 heteroatoms. The van der Waals surface area contributed by atoms with Gasteiger partial charge < -0.3 is 10.2 Å². The molecule has 0 bridgehead atoms. The zero-order valence-corrected chi connectivity index (χ0v) is 13.4. The molecule has 2 heterocycles. The van der Waals surface area contributed by atoms with E-state index >= 15 is 0 Å². The highest BCUT2D eigenvalue weighted by molar-refractivity contribution is 7.15. The number of hydrogen-bond donors (Lipinski definition) is 1. The smallest absolute Gasteiger partial charge is 0.183 e. The molecule has 1 N–H and O–H groups in total. The lowest BCUT2D eigenvalue weighted by molar-refractivity contribution is 0.116. The number of hydrogen-bond acceptors (Lipinski definition) is 5. The van der Waals surface area contributed by atoms with Crippen LogP contribution in [0.1, 0.15) is 23.9 Å². The third-order valence-corrected chi connectivity index (χ3v) is 5.06. The molecule has 1 aromatic heterocycles. The summed E-state index contributed by atoms with van der Waals surface area (Å²) < 4.78 is 0. The van der Waals surface area contributed by atoms with Crippen molar-refractivity contribution in [3.05, 3.63) is 10.6 Å². The van der Waals surface area contributed by atoms with Crippen LogP contribution in [0.3, 0.4) is 0 Å². The molecule has 1 atom stereocenters. The quantitative estimate of drug-likeness (QED) is 0.897. The fourth-order valence-corrected chi connectivity index (χ4v) is 3.22. The minimum absolute atomic E-state index is 0.656. The summed E-state index contributed by atoms with van der Waals surface area (Å²) in [6, 6.07) is 0.656. The van der Waals surface area contributed by atoms with Crippen LogP contribution in [0.2, 0.25) is 0 Å². The first-order valence-corrected chi connectivity index (χ1v) is 7.98. The third-order valence-electron chi connectivity index (χ3n) is 4.03. The predicted molar refractivity (Wildman–Crippen MR) is 83.2 cm³/mol. The van der Waals surface area contributed by atoms with E-state index < -0.39 is 0 Å². The molecular weight excluding hydrogens is 256 g/mol. The van der Waals surface area contributed by atoms with E-state index in [1.165, 1.54) is 37.5 Å². The molecule has 0 saturated carbocycles. The topological polar surface area (TPSA) is 31.4 Å². The number of nitrogens with zero attached hydrogens (tertiary/aromatic N) is 3. The third kappa shape index (κ3) is 4.16. The number of piperazine rings is 1. The number of nitrogens with one attached hydrogen (secondary N) is 1. The maximum atomic E-state index is 4.52. The van der Waals surface area contributed by atoms with Gasteiger partial charge in [0, 0.05) is 43.6 Å². The Bertz CT molecular complexity index is 377. The highest BCUT2D eigenvalue weighted by atomic mass is 32.1. The summed E-state index contributed by atoms with van der Waals surface area (Å²) in [5, 5.41) is 4.53. The summed E-state index contributed by atoms with van der Waals surface area (Å²) in [6.07, 6.45) is 1.18. The van der Waals surface area contributed by atoms with Gasteiger partial charge >= 0.3 is 0 Å². The molecule has 1 saturated heterocycles. The second-order valence-corrected chi connectivity index (χ2v) is 6.77. The fourth-order valence-electron chi connectivity index (χ4n) is 2.38. The Morgan fingerprint density at radius 1 is 1.26 bits per heavy atom. The second kappa shape index (κ2) is 6.68. The number of aryl methyl sites for hydroxylation is 2. The summed E-state index contributed by atoms with van der Waals surface area (Å²) in [6.45, 7) is 12.4. The van der Waals surface area contributed by atoms with Crippen molar-refractivity contribution in [2.45, 2.75) is 33.2 Å². The van der Waals surface area contributed by atoms with Crippen molar-refractivity contribution in [1.29, 1.82) is 0 Å². The molecule has 0 spiro atoms. The summed E-state index contributed by atoms with van der Waals surface area (Å²) >= 11 is 1.76. The molecule has 1 aliphatic heterocycles. The number of likely N-dealkylation sites (N-methyl/N-ethyl adjacent to an activating group) is 1. The molecule has 108 valence electrons. The summed E-state index contributed by atoms with van der Waals surface area (Å²) in [5.74, 6) is 0. The van der Waals surface area contributed by atoms with Crippen LogP contribution in [0.4, 0.5) is 5.13 Å². The monoisotopic (exact) mass is 282 g/mol. The van der Waals surface area contributed by atoms with E-state index in [2.05, 4.69) is 47.9 Å². The van der Waals surface area contributed by atoms with Crippen molar-refractivity contribution in [3.8, 4) is 0 Å². The minimum Gasteiger partial charge on any atom is -0.361 e. The second-order valence-electron chi connectivity index (χ2n) is 5.56. The Morgan fingerprint density at radius 3 is 2.53 bits per heavy atom. The summed E-state index contributed by atoms with van der Waals surface area (Å²) in [5.41, 5.74) is 1.15. The largest absolute Gasteiger partial charge is 0.361 e. The average molecular weight is 282 g/mol. The Hall–Kier alpha value is -0.650. The first kappa shape index (κ1) is 14.8. The first-order chi connectivity index (χ1) is 9.06. The van der Waals surface area contributed by atoms with Crippen molar-refractivity contribution in [3.63, 3.8) is 0 Å². The van der Waals surface area contributed by atoms with E-state index in [4.69, 9.17) is 0 Å². The van der Waals surface area contributed by atoms with Gasteiger partial charge in [-0.2, -0.15) is 0 Å². The van der Waals surface area contributed by atoms with Gasteiger partial charge in [0.15, 0.2) is 5.13 Å². The average Bonchev–Trinajstić information content (AvgIpc) is 2.69. The van der Waals surface area contributed by atoms with E-state index in [-0.39, 0.29) is 0 Å². The Kier molecular flexibility index (Phi) is 5.19. The number of anilines is 1. The molecule has 0 radical (unpaired) electrons. The standard InChI is InChI=1S/C14H26N4S/c1-11(18-9-7-17(4)8-10-18)5-6-15-14-16-12(2)13(3)19-14/h11H,5-10H2,1-4H3,(H,15,16). The minimum atomic E-state index is 0.656. The van der Waals surface area contributed by atoms with Gasteiger partial charge in [-0.25, -0.2) is 4.98 Å². The van der Waals surface area contributed by atoms with Gasteiger partial charge in [-0.05, 0) is 34.2 Å². The van der Waals surface area contributed by atoms with Crippen LogP contribution >= 0.6 is 11.3 Å². The highest BCUT2D eigenvalue weighted by Crippen LogP contribution is 2.21. The van der Waals surface area contributed by atoms with E-state index in [0.29, 0.717) is 6.04 Å². The molecule has 2 rings (SSSR count). The number of thiazole rings is 1. The van der Waals surface area contributed by atoms with Gasteiger partial charge in [0.05, 0.1) is 5.69 Å². The van der Waals surface area contributed by atoms with Crippen molar-refractivity contribution < 1.29 is 0 Å². The molecule has 1 fully saturated rings. The van der Waals surface area contributed by atoms with Crippen molar-refractivity contribution >= 4 is 16.5 Å². The number of aromatic nitrogens is 1. The molecule has 4 nitrogen and oxygen atoms in total. The highest BCUT2D eigenvalue weighted by Gasteiger charge is 2.18. The van der Waals surface area contributed by atoms with Gasteiger partial charge in [0.25, 0.3) is 0 Å². The van der Waals surface area contributed by atoms with Crippen LogP contribution in [-0.2, 0) is 0 Å². The molecule has 0 amide bonds. The van der Waals surface area contributed by atoms with Crippen LogP contribution in [0.25, 0.3) is 0 Å². The predicted octanol–water partition coefficient (Wildman–Crippen LogP) is 2.20.